The van der Waals surface area contributed by atoms with Crippen molar-refractivity contribution in [2.45, 2.75) is 66.8 Å². The molecule has 2 rings (SSSR count). The number of carbonyl (C=O) groups is 3. The third-order valence-corrected chi connectivity index (χ3v) is 5.47. The number of fused-ring (bicyclic) bond motifs is 1. The van der Waals surface area contributed by atoms with Gasteiger partial charge in [-0.1, -0.05) is 53.3 Å². The van der Waals surface area contributed by atoms with Crippen LogP contribution in [0.15, 0.2) is 30.5 Å². The van der Waals surface area contributed by atoms with E-state index in [2.05, 4.69) is 35.5 Å². The lowest BCUT2D eigenvalue weighted by Gasteiger charge is -2.24. The number of benzene rings is 1. The number of amides is 3. The first kappa shape index (κ1) is 27.2. The van der Waals surface area contributed by atoms with Crippen LogP contribution in [0.2, 0.25) is 0 Å². The summed E-state index contributed by atoms with van der Waals surface area (Å²) >= 11 is 0. The molecule has 0 fully saturated rings. The third kappa shape index (κ3) is 8.02. The summed E-state index contributed by atoms with van der Waals surface area (Å²) in [5.41, 5.74) is 7.26. The molecule has 0 radical (unpaired) electrons. The van der Waals surface area contributed by atoms with Crippen LogP contribution in [-0.4, -0.2) is 35.3 Å². The molecule has 1 aromatic carbocycles. The van der Waals surface area contributed by atoms with Gasteiger partial charge in [-0.2, -0.15) is 0 Å². The van der Waals surface area contributed by atoms with Gasteiger partial charge in [-0.25, -0.2) is 4.79 Å². The zero-order valence-electron chi connectivity index (χ0n) is 19.0. The fourth-order valence-corrected chi connectivity index (χ4v) is 3.91. The van der Waals surface area contributed by atoms with Crippen LogP contribution < -0.4 is 16.4 Å². The number of aromatic nitrogens is 1. The van der Waals surface area contributed by atoms with Crippen molar-refractivity contribution in [1.29, 1.82) is 0 Å². The highest BCUT2D eigenvalue weighted by atomic mass is 16.2. The number of H-pyrrole nitrogens is 1. The van der Waals surface area contributed by atoms with Crippen molar-refractivity contribution in [3.8, 4) is 0 Å². The lowest BCUT2D eigenvalue weighted by Crippen LogP contribution is -2.46. The summed E-state index contributed by atoms with van der Waals surface area (Å²) in [6.45, 7) is 8.24. The second-order valence-corrected chi connectivity index (χ2v) is 8.94. The van der Waals surface area contributed by atoms with Gasteiger partial charge in [0.25, 0.3) is 0 Å². The van der Waals surface area contributed by atoms with E-state index < -0.39 is 12.1 Å². The normalized spacial score (nSPS) is 12.9. The Kier molecular flexibility index (Phi) is 11.0. The number of aromatic amines is 1. The Bertz CT molecular complexity index is 888. The first-order chi connectivity index (χ1) is 14.7. The van der Waals surface area contributed by atoms with E-state index in [0.717, 1.165) is 22.9 Å². The summed E-state index contributed by atoms with van der Waals surface area (Å²) < 4.78 is 0. The zero-order chi connectivity index (χ0) is 23.0. The molecule has 0 saturated heterocycles. The highest BCUT2D eigenvalue weighted by Gasteiger charge is 2.28. The standard InChI is InChI=1S/C24H36N4O3.CH4/c1-15(2)12-17(13-18-14-27-20-9-6-5-8-19(18)20)23(30)28-21(22(29)16(3)4)10-7-11-26-24(25)31;/h5-6,8-9,14-17,21,27H,7,10-13H2,1-4H3,(H,28,30)(H3,25,26,31);1H4/t17-,21-;/m0./s1. The maximum Gasteiger partial charge on any atom is 0.312 e. The second-order valence-electron chi connectivity index (χ2n) is 8.94. The van der Waals surface area contributed by atoms with E-state index in [9.17, 15) is 14.4 Å². The van der Waals surface area contributed by atoms with Crippen molar-refractivity contribution in [1.82, 2.24) is 15.6 Å². The maximum atomic E-state index is 13.3. The van der Waals surface area contributed by atoms with Crippen molar-refractivity contribution in [3.05, 3.63) is 36.0 Å². The van der Waals surface area contributed by atoms with Crippen molar-refractivity contribution in [2.75, 3.05) is 6.54 Å². The molecule has 0 bridgehead atoms. The number of ketones is 1. The molecule has 5 N–H and O–H groups in total. The molecule has 2 aromatic rings. The van der Waals surface area contributed by atoms with E-state index in [1.807, 2.05) is 38.2 Å². The van der Waals surface area contributed by atoms with Crippen molar-refractivity contribution in [3.63, 3.8) is 0 Å². The van der Waals surface area contributed by atoms with Crippen molar-refractivity contribution in [2.24, 2.45) is 23.5 Å². The Labute approximate surface area is 191 Å². The summed E-state index contributed by atoms with van der Waals surface area (Å²) in [6, 6.07) is 6.90. The molecular weight excluding hydrogens is 404 g/mol. The minimum absolute atomic E-state index is 0. The smallest absolute Gasteiger partial charge is 0.312 e. The van der Waals surface area contributed by atoms with Crippen LogP contribution in [0.25, 0.3) is 10.9 Å². The average Bonchev–Trinajstić information content (AvgIpc) is 3.11. The van der Waals surface area contributed by atoms with Crippen LogP contribution in [0.4, 0.5) is 4.79 Å². The number of rotatable bonds is 12. The second kappa shape index (κ2) is 12.9. The number of hydrogen-bond acceptors (Lipinski definition) is 3. The van der Waals surface area contributed by atoms with Crippen LogP contribution in [-0.2, 0) is 16.0 Å². The van der Waals surface area contributed by atoms with Crippen LogP contribution in [0.1, 0.15) is 59.9 Å². The number of primary amides is 1. The quantitative estimate of drug-likeness (QED) is 0.368. The van der Waals surface area contributed by atoms with Gasteiger partial charge in [-0.05, 0) is 43.2 Å². The minimum Gasteiger partial charge on any atom is -0.361 e. The largest absolute Gasteiger partial charge is 0.361 e. The van der Waals surface area contributed by atoms with Crippen LogP contribution in [0, 0.1) is 17.8 Å². The van der Waals surface area contributed by atoms with Gasteiger partial charge in [0, 0.05) is 35.5 Å². The molecule has 7 heteroatoms. The molecule has 7 nitrogen and oxygen atoms in total. The molecule has 2 atom stereocenters. The van der Waals surface area contributed by atoms with Crippen LogP contribution in [0.5, 0.6) is 0 Å². The van der Waals surface area contributed by atoms with Crippen molar-refractivity contribution >= 4 is 28.6 Å². The Hall–Kier alpha value is -2.83. The van der Waals surface area contributed by atoms with E-state index in [1.54, 1.807) is 0 Å². The molecule has 0 spiro atoms. The minimum atomic E-state index is -0.591. The van der Waals surface area contributed by atoms with Crippen molar-refractivity contribution < 1.29 is 14.4 Å². The molecule has 178 valence electrons. The summed E-state index contributed by atoms with van der Waals surface area (Å²) in [5, 5.41) is 6.66. The highest BCUT2D eigenvalue weighted by molar-refractivity contribution is 5.91. The lowest BCUT2D eigenvalue weighted by atomic mass is 9.89. The van der Waals surface area contributed by atoms with Gasteiger partial charge in [-0.3, -0.25) is 9.59 Å². The molecule has 0 saturated carbocycles. The molecule has 32 heavy (non-hydrogen) atoms. The molecule has 0 unspecified atom stereocenters. The molecule has 3 amide bonds. The predicted octanol–water partition coefficient (Wildman–Crippen LogP) is 4.17. The Balaban J connectivity index is 0.00000512. The summed E-state index contributed by atoms with van der Waals surface area (Å²) in [6.07, 6.45) is 4.34. The number of Topliss-reactive ketones (excluding diaryl/α,β-unsaturated/α-hetero) is 1. The Morgan fingerprint density at radius 2 is 1.78 bits per heavy atom. The van der Waals surface area contributed by atoms with Gasteiger partial charge >= 0.3 is 6.03 Å². The monoisotopic (exact) mass is 444 g/mol. The maximum absolute atomic E-state index is 13.3. The van der Waals surface area contributed by atoms with Gasteiger partial charge in [0.2, 0.25) is 5.91 Å². The number of nitrogens with one attached hydrogen (secondary N) is 3. The lowest BCUT2D eigenvalue weighted by molar-refractivity contribution is -0.132. The summed E-state index contributed by atoms with van der Waals surface area (Å²) in [4.78, 5) is 40.1. The van der Waals surface area contributed by atoms with Gasteiger partial charge in [-0.15, -0.1) is 0 Å². The summed E-state index contributed by atoms with van der Waals surface area (Å²) in [7, 11) is 0. The van der Waals surface area contributed by atoms with Crippen LogP contribution in [0.3, 0.4) is 0 Å². The molecular formula is C25H40N4O3. The first-order valence-corrected chi connectivity index (χ1v) is 11.1. The predicted molar refractivity (Wildman–Crippen MR) is 130 cm³/mol. The molecule has 0 aliphatic carbocycles. The van der Waals surface area contributed by atoms with Gasteiger partial charge in [0.15, 0.2) is 5.78 Å². The van der Waals surface area contributed by atoms with E-state index in [1.165, 1.54) is 0 Å². The topological polar surface area (TPSA) is 117 Å². The number of nitrogens with two attached hydrogens (primary N) is 1. The first-order valence-electron chi connectivity index (χ1n) is 11.1. The Morgan fingerprint density at radius 1 is 1.09 bits per heavy atom. The number of urea groups is 1. The van der Waals surface area contributed by atoms with E-state index >= 15 is 0 Å². The number of carbonyl (C=O) groups excluding carboxylic acids is 3. The van der Waals surface area contributed by atoms with Gasteiger partial charge in [0.1, 0.15) is 0 Å². The molecule has 1 heterocycles. The SMILES string of the molecule is C.CC(C)C[C@@H](Cc1c[nH]c2ccccc12)C(=O)N[C@@H](CCCNC(N)=O)C(=O)C(C)C. The average molecular weight is 445 g/mol. The van der Waals surface area contributed by atoms with Crippen LogP contribution >= 0.6 is 0 Å². The molecule has 1 aromatic heterocycles. The van der Waals surface area contributed by atoms with E-state index in [-0.39, 0.29) is 31.0 Å². The van der Waals surface area contributed by atoms with E-state index in [0.29, 0.717) is 31.7 Å². The van der Waals surface area contributed by atoms with E-state index in [4.69, 9.17) is 5.73 Å². The molecule has 0 aliphatic rings. The zero-order valence-corrected chi connectivity index (χ0v) is 19.0. The summed E-state index contributed by atoms with van der Waals surface area (Å²) in [5.74, 6) is -0.166. The molecule has 0 aliphatic heterocycles. The number of hydrogen-bond donors (Lipinski definition) is 4. The number of para-hydroxylation sites is 1. The Morgan fingerprint density at radius 3 is 2.41 bits per heavy atom. The third-order valence-electron chi connectivity index (χ3n) is 5.47. The fraction of sp³-hybridized carbons (Fsp3) is 0.560. The van der Waals surface area contributed by atoms with Gasteiger partial charge < -0.3 is 21.4 Å². The van der Waals surface area contributed by atoms with Gasteiger partial charge in [0.05, 0.1) is 6.04 Å². The fourth-order valence-electron chi connectivity index (χ4n) is 3.91. The highest BCUT2D eigenvalue weighted by Crippen LogP contribution is 2.24.